The summed E-state index contributed by atoms with van der Waals surface area (Å²) < 4.78 is 27.1. The number of anilines is 2. The molecule has 0 heterocycles. The second kappa shape index (κ2) is 5.54. The average molecular weight is 290 g/mol. The third-order valence-corrected chi connectivity index (χ3v) is 4.55. The van der Waals surface area contributed by atoms with E-state index in [1.807, 2.05) is 26.0 Å². The Morgan fingerprint density at radius 3 is 2.30 bits per heavy atom. The van der Waals surface area contributed by atoms with Crippen LogP contribution in [0.5, 0.6) is 0 Å². The SMILES string of the molecule is CCc1ccc(NS(=O)(=O)c2ccc(C)c(N)c2)cc1. The Hall–Kier alpha value is -2.01. The predicted molar refractivity (Wildman–Crippen MR) is 82.2 cm³/mol. The molecule has 5 heteroatoms. The summed E-state index contributed by atoms with van der Waals surface area (Å²) in [5.74, 6) is 0. The summed E-state index contributed by atoms with van der Waals surface area (Å²) in [4.78, 5) is 0.167. The standard InChI is InChI=1S/C15H18N2O2S/c1-3-12-5-7-13(8-6-12)17-20(18,19)14-9-4-11(2)15(16)10-14/h4-10,17H,3,16H2,1-2H3. The summed E-state index contributed by atoms with van der Waals surface area (Å²) in [6, 6.07) is 12.0. The van der Waals surface area contributed by atoms with Gasteiger partial charge in [0.2, 0.25) is 0 Å². The molecule has 0 radical (unpaired) electrons. The number of sulfonamides is 1. The van der Waals surface area contributed by atoms with Crippen molar-refractivity contribution in [2.24, 2.45) is 0 Å². The van der Waals surface area contributed by atoms with Crippen molar-refractivity contribution < 1.29 is 8.42 Å². The van der Waals surface area contributed by atoms with Gasteiger partial charge in [0.25, 0.3) is 10.0 Å². The highest BCUT2D eigenvalue weighted by atomic mass is 32.2. The first kappa shape index (κ1) is 14.4. The van der Waals surface area contributed by atoms with Crippen LogP contribution in [0.1, 0.15) is 18.1 Å². The first-order valence-corrected chi connectivity index (χ1v) is 7.88. The van der Waals surface area contributed by atoms with Crippen molar-refractivity contribution in [3.05, 3.63) is 53.6 Å². The molecule has 0 aromatic heterocycles. The minimum atomic E-state index is -3.60. The summed E-state index contributed by atoms with van der Waals surface area (Å²) in [6.07, 6.45) is 0.918. The largest absolute Gasteiger partial charge is 0.398 e. The lowest BCUT2D eigenvalue weighted by molar-refractivity contribution is 0.601. The minimum absolute atomic E-state index is 0.167. The van der Waals surface area contributed by atoms with Gasteiger partial charge in [-0.1, -0.05) is 25.1 Å². The molecule has 0 bridgehead atoms. The molecule has 2 aromatic carbocycles. The molecule has 2 aromatic rings. The van der Waals surface area contributed by atoms with E-state index < -0.39 is 10.0 Å². The highest BCUT2D eigenvalue weighted by molar-refractivity contribution is 7.92. The zero-order valence-electron chi connectivity index (χ0n) is 11.6. The van der Waals surface area contributed by atoms with Crippen LogP contribution in [-0.4, -0.2) is 8.42 Å². The van der Waals surface area contributed by atoms with Gasteiger partial charge in [0.1, 0.15) is 0 Å². The van der Waals surface area contributed by atoms with Crippen molar-refractivity contribution in [1.82, 2.24) is 0 Å². The van der Waals surface area contributed by atoms with E-state index in [9.17, 15) is 8.42 Å². The molecule has 0 aliphatic heterocycles. The highest BCUT2D eigenvalue weighted by Gasteiger charge is 2.14. The fourth-order valence-electron chi connectivity index (χ4n) is 1.81. The van der Waals surface area contributed by atoms with Crippen molar-refractivity contribution in [2.45, 2.75) is 25.2 Å². The number of nitrogen functional groups attached to an aromatic ring is 1. The fourth-order valence-corrected chi connectivity index (χ4v) is 2.90. The minimum Gasteiger partial charge on any atom is -0.398 e. The Bertz CT molecular complexity index is 707. The number of hydrogen-bond acceptors (Lipinski definition) is 3. The zero-order chi connectivity index (χ0) is 14.8. The van der Waals surface area contributed by atoms with E-state index in [1.54, 1.807) is 24.3 Å². The summed E-state index contributed by atoms with van der Waals surface area (Å²) in [5.41, 5.74) is 8.78. The Morgan fingerprint density at radius 1 is 1.10 bits per heavy atom. The number of rotatable bonds is 4. The van der Waals surface area contributed by atoms with E-state index in [0.717, 1.165) is 17.5 Å². The summed E-state index contributed by atoms with van der Waals surface area (Å²) >= 11 is 0. The molecule has 0 aliphatic rings. The predicted octanol–water partition coefficient (Wildman–Crippen LogP) is 2.94. The number of aryl methyl sites for hydroxylation is 2. The van der Waals surface area contributed by atoms with Gasteiger partial charge in [-0.2, -0.15) is 0 Å². The van der Waals surface area contributed by atoms with Crippen LogP contribution in [0.2, 0.25) is 0 Å². The lowest BCUT2D eigenvalue weighted by Gasteiger charge is -2.10. The van der Waals surface area contributed by atoms with Crippen molar-refractivity contribution in [3.63, 3.8) is 0 Å². The molecule has 0 aliphatic carbocycles. The Morgan fingerprint density at radius 2 is 1.75 bits per heavy atom. The van der Waals surface area contributed by atoms with Crippen LogP contribution in [0.15, 0.2) is 47.4 Å². The molecule has 0 fully saturated rings. The lowest BCUT2D eigenvalue weighted by atomic mass is 10.2. The molecule has 0 saturated heterocycles. The Kier molecular flexibility index (Phi) is 3.99. The summed E-state index contributed by atoms with van der Waals surface area (Å²) in [6.45, 7) is 3.89. The van der Waals surface area contributed by atoms with Crippen LogP contribution >= 0.6 is 0 Å². The zero-order valence-corrected chi connectivity index (χ0v) is 12.4. The third-order valence-electron chi connectivity index (χ3n) is 3.18. The molecule has 0 saturated carbocycles. The first-order valence-electron chi connectivity index (χ1n) is 6.40. The van der Waals surface area contributed by atoms with E-state index in [1.165, 1.54) is 6.07 Å². The van der Waals surface area contributed by atoms with E-state index in [4.69, 9.17) is 5.73 Å². The van der Waals surface area contributed by atoms with Gasteiger partial charge in [-0.15, -0.1) is 0 Å². The molecule has 20 heavy (non-hydrogen) atoms. The highest BCUT2D eigenvalue weighted by Crippen LogP contribution is 2.20. The van der Waals surface area contributed by atoms with Crippen LogP contribution in [0.4, 0.5) is 11.4 Å². The van der Waals surface area contributed by atoms with Crippen molar-refractivity contribution in [3.8, 4) is 0 Å². The molecule has 106 valence electrons. The number of hydrogen-bond donors (Lipinski definition) is 2. The van der Waals surface area contributed by atoms with Crippen LogP contribution in [0.25, 0.3) is 0 Å². The van der Waals surface area contributed by atoms with Gasteiger partial charge in [-0.05, 0) is 48.7 Å². The van der Waals surface area contributed by atoms with E-state index >= 15 is 0 Å². The smallest absolute Gasteiger partial charge is 0.261 e. The normalized spacial score (nSPS) is 11.3. The summed E-state index contributed by atoms with van der Waals surface area (Å²) in [7, 11) is -3.60. The fraction of sp³-hybridized carbons (Fsp3) is 0.200. The van der Waals surface area contributed by atoms with Gasteiger partial charge in [-0.3, -0.25) is 4.72 Å². The van der Waals surface area contributed by atoms with Crippen LogP contribution < -0.4 is 10.5 Å². The lowest BCUT2D eigenvalue weighted by Crippen LogP contribution is -2.13. The number of nitrogens with two attached hydrogens (primary N) is 1. The molecule has 0 spiro atoms. The summed E-state index contributed by atoms with van der Waals surface area (Å²) in [5, 5.41) is 0. The average Bonchev–Trinajstić information content (AvgIpc) is 2.42. The van der Waals surface area contributed by atoms with Crippen molar-refractivity contribution in [2.75, 3.05) is 10.5 Å². The maximum absolute atomic E-state index is 12.3. The van der Waals surface area contributed by atoms with Gasteiger partial charge in [-0.25, -0.2) is 8.42 Å². The molecular formula is C15H18N2O2S. The molecule has 4 nitrogen and oxygen atoms in total. The van der Waals surface area contributed by atoms with E-state index in [0.29, 0.717) is 11.4 Å². The van der Waals surface area contributed by atoms with Crippen LogP contribution in [-0.2, 0) is 16.4 Å². The van der Waals surface area contributed by atoms with Gasteiger partial charge in [0, 0.05) is 11.4 Å². The first-order chi connectivity index (χ1) is 9.42. The van der Waals surface area contributed by atoms with Crippen LogP contribution in [0, 0.1) is 6.92 Å². The third kappa shape index (κ3) is 3.11. The molecular weight excluding hydrogens is 272 g/mol. The van der Waals surface area contributed by atoms with E-state index in [-0.39, 0.29) is 4.90 Å². The molecule has 3 N–H and O–H groups in total. The van der Waals surface area contributed by atoms with Crippen LogP contribution in [0.3, 0.4) is 0 Å². The van der Waals surface area contributed by atoms with Crippen molar-refractivity contribution >= 4 is 21.4 Å². The maximum Gasteiger partial charge on any atom is 0.261 e. The quantitative estimate of drug-likeness (QED) is 0.850. The topological polar surface area (TPSA) is 72.2 Å². The van der Waals surface area contributed by atoms with E-state index in [2.05, 4.69) is 4.72 Å². The van der Waals surface area contributed by atoms with Gasteiger partial charge in [0.05, 0.1) is 4.90 Å². The molecule has 2 rings (SSSR count). The molecule has 0 amide bonds. The molecule has 0 atom stereocenters. The van der Waals surface area contributed by atoms with Gasteiger partial charge in [0.15, 0.2) is 0 Å². The van der Waals surface area contributed by atoms with Crippen molar-refractivity contribution in [1.29, 1.82) is 0 Å². The Balaban J connectivity index is 2.27. The van der Waals surface area contributed by atoms with Gasteiger partial charge < -0.3 is 5.73 Å². The number of nitrogens with one attached hydrogen (secondary N) is 1. The number of benzene rings is 2. The second-order valence-electron chi connectivity index (χ2n) is 4.67. The monoisotopic (exact) mass is 290 g/mol. The molecule has 0 unspecified atom stereocenters. The maximum atomic E-state index is 12.3. The Labute approximate surface area is 119 Å². The second-order valence-corrected chi connectivity index (χ2v) is 6.36. The van der Waals surface area contributed by atoms with Gasteiger partial charge >= 0.3 is 0 Å².